The van der Waals surface area contributed by atoms with Gasteiger partial charge in [0.25, 0.3) is 10.0 Å². The van der Waals surface area contributed by atoms with E-state index in [1.54, 1.807) is 0 Å². The molecule has 3 N–H and O–H groups in total. The smallest absolute Gasteiger partial charge is 0.250 e. The first-order valence-corrected chi connectivity index (χ1v) is 9.64. The van der Waals surface area contributed by atoms with Crippen molar-refractivity contribution < 1.29 is 8.42 Å². The molecule has 0 saturated heterocycles. The minimum absolute atomic E-state index is 0.170. The van der Waals surface area contributed by atoms with Crippen LogP contribution >= 0.6 is 11.3 Å². The quantitative estimate of drug-likeness (QED) is 0.845. The Morgan fingerprint density at radius 3 is 2.73 bits per heavy atom. The molecule has 0 bridgehead atoms. The van der Waals surface area contributed by atoms with Gasteiger partial charge in [0.05, 0.1) is 0 Å². The van der Waals surface area contributed by atoms with Crippen molar-refractivity contribution in [3.8, 4) is 0 Å². The summed E-state index contributed by atoms with van der Waals surface area (Å²) in [6.45, 7) is 3.77. The molecule has 118 valence electrons. The number of aryl methyl sites for hydroxylation is 3. The molecular formula is C16H20N2O2S2. The molecule has 1 heterocycles. The van der Waals surface area contributed by atoms with Gasteiger partial charge in [0, 0.05) is 16.6 Å². The van der Waals surface area contributed by atoms with Crippen molar-refractivity contribution in [3.05, 3.63) is 45.8 Å². The number of hydrogen-bond acceptors (Lipinski definition) is 4. The van der Waals surface area contributed by atoms with Gasteiger partial charge in [-0.25, -0.2) is 13.1 Å². The zero-order valence-electron chi connectivity index (χ0n) is 12.7. The molecular weight excluding hydrogens is 316 g/mol. The Hall–Kier alpha value is -1.37. The maximum Gasteiger partial charge on any atom is 0.250 e. The van der Waals surface area contributed by atoms with E-state index < -0.39 is 10.0 Å². The predicted molar refractivity (Wildman–Crippen MR) is 90.6 cm³/mol. The first-order chi connectivity index (χ1) is 10.4. The lowest BCUT2D eigenvalue weighted by Crippen LogP contribution is -2.31. The monoisotopic (exact) mass is 336 g/mol. The molecule has 0 fully saturated rings. The van der Waals surface area contributed by atoms with Gasteiger partial charge in [0.2, 0.25) is 0 Å². The van der Waals surface area contributed by atoms with E-state index in [0.29, 0.717) is 4.21 Å². The zero-order chi connectivity index (χ0) is 15.9. The average molecular weight is 336 g/mol. The van der Waals surface area contributed by atoms with Gasteiger partial charge in [-0.1, -0.05) is 6.07 Å². The fraction of sp³-hybridized carbons (Fsp3) is 0.375. The number of hydrogen-bond donors (Lipinski definition) is 2. The number of sulfonamides is 1. The van der Waals surface area contributed by atoms with Gasteiger partial charge in [-0.05, 0) is 68.0 Å². The minimum atomic E-state index is -3.49. The van der Waals surface area contributed by atoms with E-state index in [4.69, 9.17) is 5.73 Å². The summed E-state index contributed by atoms with van der Waals surface area (Å²) >= 11 is 1.32. The lowest BCUT2D eigenvalue weighted by Gasteiger charge is -2.26. The van der Waals surface area contributed by atoms with Crippen molar-refractivity contribution in [2.45, 2.75) is 43.4 Å². The van der Waals surface area contributed by atoms with E-state index in [0.717, 1.165) is 46.5 Å². The first-order valence-electron chi connectivity index (χ1n) is 7.34. The van der Waals surface area contributed by atoms with E-state index in [9.17, 15) is 8.42 Å². The van der Waals surface area contributed by atoms with Crippen LogP contribution in [0.3, 0.4) is 0 Å². The third-order valence-corrected chi connectivity index (χ3v) is 7.28. The standard InChI is InChI=1S/C16H20N2O2S2/c1-10-8-11(2)21-16(10)22(19,20)18-15-5-3-4-12-9-13(17)6-7-14(12)15/h6-9,15,18H,3-5,17H2,1-2H3. The van der Waals surface area contributed by atoms with Crippen LogP contribution in [0.5, 0.6) is 0 Å². The molecule has 0 amide bonds. The van der Waals surface area contributed by atoms with Crippen molar-refractivity contribution in [1.82, 2.24) is 4.72 Å². The van der Waals surface area contributed by atoms with Crippen LogP contribution in [0.15, 0.2) is 28.5 Å². The largest absolute Gasteiger partial charge is 0.399 e. The molecule has 1 aromatic heterocycles. The molecule has 3 rings (SSSR count). The van der Waals surface area contributed by atoms with E-state index >= 15 is 0 Å². The second kappa shape index (κ2) is 5.68. The maximum absolute atomic E-state index is 12.7. The van der Waals surface area contributed by atoms with Crippen LogP contribution in [0.1, 0.15) is 40.5 Å². The number of benzene rings is 1. The summed E-state index contributed by atoms with van der Waals surface area (Å²) < 4.78 is 28.7. The van der Waals surface area contributed by atoms with Crippen molar-refractivity contribution in [1.29, 1.82) is 0 Å². The molecule has 0 radical (unpaired) electrons. The topological polar surface area (TPSA) is 72.2 Å². The number of nitrogens with two attached hydrogens (primary N) is 1. The molecule has 0 aliphatic heterocycles. The Balaban J connectivity index is 1.93. The van der Waals surface area contributed by atoms with E-state index in [1.807, 2.05) is 38.1 Å². The molecule has 4 nitrogen and oxygen atoms in total. The molecule has 22 heavy (non-hydrogen) atoms. The zero-order valence-corrected chi connectivity index (χ0v) is 14.4. The Labute approximate surface area is 135 Å². The van der Waals surface area contributed by atoms with Gasteiger partial charge in [-0.15, -0.1) is 11.3 Å². The molecule has 1 aromatic carbocycles. The normalized spacial score (nSPS) is 18.2. The third kappa shape index (κ3) is 2.91. The molecule has 1 aliphatic rings. The van der Waals surface area contributed by atoms with E-state index in [1.165, 1.54) is 11.3 Å². The summed E-state index contributed by atoms with van der Waals surface area (Å²) in [5.41, 5.74) is 9.57. The molecule has 1 unspecified atom stereocenters. The van der Waals surface area contributed by atoms with Crippen molar-refractivity contribution in [3.63, 3.8) is 0 Å². The highest BCUT2D eigenvalue weighted by Gasteiger charge is 2.27. The number of fused-ring (bicyclic) bond motifs is 1. The van der Waals surface area contributed by atoms with Crippen LogP contribution in [0, 0.1) is 13.8 Å². The van der Waals surface area contributed by atoms with Gasteiger partial charge in [0.1, 0.15) is 4.21 Å². The van der Waals surface area contributed by atoms with E-state index in [-0.39, 0.29) is 6.04 Å². The fourth-order valence-electron chi connectivity index (χ4n) is 3.08. The summed E-state index contributed by atoms with van der Waals surface area (Å²) in [6, 6.07) is 7.48. The van der Waals surface area contributed by atoms with Crippen LogP contribution < -0.4 is 10.5 Å². The van der Waals surface area contributed by atoms with Crippen molar-refractivity contribution >= 4 is 27.0 Å². The Bertz CT molecular complexity index is 810. The highest BCUT2D eigenvalue weighted by atomic mass is 32.2. The molecule has 0 spiro atoms. The lowest BCUT2D eigenvalue weighted by molar-refractivity contribution is 0.508. The number of rotatable bonds is 3. The number of nitrogens with one attached hydrogen (secondary N) is 1. The Morgan fingerprint density at radius 2 is 2.05 bits per heavy atom. The molecule has 2 aromatic rings. The molecule has 1 aliphatic carbocycles. The molecule has 0 saturated carbocycles. The Kier molecular flexibility index (Phi) is 4.01. The highest BCUT2D eigenvalue weighted by molar-refractivity contribution is 7.91. The van der Waals surface area contributed by atoms with Crippen LogP contribution in [0.4, 0.5) is 5.69 Å². The van der Waals surface area contributed by atoms with Gasteiger partial charge in [-0.3, -0.25) is 0 Å². The molecule has 1 atom stereocenters. The second-order valence-corrected chi connectivity index (χ2v) is 9.02. The molecule has 6 heteroatoms. The Morgan fingerprint density at radius 1 is 1.27 bits per heavy atom. The van der Waals surface area contributed by atoms with Crippen LogP contribution in [-0.4, -0.2) is 8.42 Å². The summed E-state index contributed by atoms with van der Waals surface area (Å²) in [7, 11) is -3.49. The van der Waals surface area contributed by atoms with Gasteiger partial charge in [0.15, 0.2) is 0 Å². The van der Waals surface area contributed by atoms with Crippen LogP contribution in [0.2, 0.25) is 0 Å². The summed E-state index contributed by atoms with van der Waals surface area (Å²) in [5.74, 6) is 0. The summed E-state index contributed by atoms with van der Waals surface area (Å²) in [5, 5.41) is 0. The van der Waals surface area contributed by atoms with Crippen LogP contribution in [-0.2, 0) is 16.4 Å². The number of anilines is 1. The highest BCUT2D eigenvalue weighted by Crippen LogP contribution is 2.33. The third-order valence-electron chi connectivity index (χ3n) is 4.02. The van der Waals surface area contributed by atoms with Gasteiger partial charge < -0.3 is 5.73 Å². The van der Waals surface area contributed by atoms with Crippen molar-refractivity contribution in [2.24, 2.45) is 0 Å². The number of thiophene rings is 1. The van der Waals surface area contributed by atoms with Crippen LogP contribution in [0.25, 0.3) is 0 Å². The number of nitrogen functional groups attached to an aromatic ring is 1. The SMILES string of the molecule is Cc1cc(C)c(S(=O)(=O)NC2CCCc3cc(N)ccc32)s1. The fourth-order valence-corrected chi connectivity index (χ4v) is 6.02. The van der Waals surface area contributed by atoms with Gasteiger partial charge in [-0.2, -0.15) is 0 Å². The average Bonchev–Trinajstić information content (AvgIpc) is 2.78. The van der Waals surface area contributed by atoms with Gasteiger partial charge >= 0.3 is 0 Å². The minimum Gasteiger partial charge on any atom is -0.399 e. The first kappa shape index (κ1) is 15.5. The summed E-state index contributed by atoms with van der Waals surface area (Å²) in [4.78, 5) is 1.01. The maximum atomic E-state index is 12.7. The summed E-state index contributed by atoms with van der Waals surface area (Å²) in [6.07, 6.45) is 2.74. The van der Waals surface area contributed by atoms with E-state index in [2.05, 4.69) is 4.72 Å². The van der Waals surface area contributed by atoms with Crippen molar-refractivity contribution in [2.75, 3.05) is 5.73 Å². The lowest BCUT2D eigenvalue weighted by atomic mass is 9.88. The predicted octanol–water partition coefficient (Wildman–Crippen LogP) is 3.30. The second-order valence-electron chi connectivity index (χ2n) is 5.85.